The normalized spacial score (nSPS) is 11.4. The smallest absolute Gasteiger partial charge is 0.321 e. The molecule has 0 unspecified atom stereocenters. The molecule has 100 valence electrons. The summed E-state index contributed by atoms with van der Waals surface area (Å²) in [7, 11) is 0. The minimum absolute atomic E-state index is 0.255. The highest BCUT2D eigenvalue weighted by molar-refractivity contribution is 7.80. The molecule has 2 rings (SSSR count). The summed E-state index contributed by atoms with van der Waals surface area (Å²) in [4.78, 5) is 12.7. The van der Waals surface area contributed by atoms with Gasteiger partial charge in [0, 0.05) is 10.3 Å². The second-order valence-corrected chi connectivity index (χ2v) is 5.09. The minimum atomic E-state index is -4.51. The van der Waals surface area contributed by atoms with Crippen molar-refractivity contribution in [1.82, 2.24) is 0 Å². The summed E-state index contributed by atoms with van der Waals surface area (Å²) in [5.74, 6) is -0.581. The zero-order chi connectivity index (χ0) is 14.0. The standard InChI is InChI=1S/C12H8F3NOS2/c13-12(14,15)8-3-1-2-4-9(8)16-11(17)10-5-7(18)6-19-10/h1-6,18H,(H,16,17). The monoisotopic (exact) mass is 303 g/mol. The molecule has 19 heavy (non-hydrogen) atoms. The van der Waals surface area contributed by atoms with E-state index in [9.17, 15) is 18.0 Å². The van der Waals surface area contributed by atoms with Gasteiger partial charge in [0.25, 0.3) is 5.91 Å². The lowest BCUT2D eigenvalue weighted by molar-refractivity contribution is -0.136. The Bertz CT molecular complexity index is 607. The number of nitrogens with one attached hydrogen (secondary N) is 1. The van der Waals surface area contributed by atoms with Gasteiger partial charge in [0.1, 0.15) is 0 Å². The van der Waals surface area contributed by atoms with Crippen LogP contribution < -0.4 is 5.32 Å². The fraction of sp³-hybridized carbons (Fsp3) is 0.0833. The molecule has 7 heteroatoms. The third kappa shape index (κ3) is 3.30. The van der Waals surface area contributed by atoms with E-state index in [0.29, 0.717) is 9.77 Å². The second-order valence-electron chi connectivity index (χ2n) is 3.67. The molecule has 0 radical (unpaired) electrons. The molecule has 0 aliphatic carbocycles. The predicted octanol–water partition coefficient (Wildman–Crippen LogP) is 4.31. The molecule has 0 spiro atoms. The number of carbonyl (C=O) groups excluding carboxylic acids is 1. The van der Waals surface area contributed by atoms with E-state index in [1.807, 2.05) is 0 Å². The zero-order valence-corrected chi connectivity index (χ0v) is 11.1. The number of thiol groups is 1. The maximum Gasteiger partial charge on any atom is 0.418 e. The van der Waals surface area contributed by atoms with Gasteiger partial charge in [-0.25, -0.2) is 0 Å². The number of amides is 1. The SMILES string of the molecule is O=C(Nc1ccccc1C(F)(F)F)c1cc(S)cs1. The number of benzene rings is 1. The molecular formula is C12H8F3NOS2. The van der Waals surface area contributed by atoms with E-state index in [2.05, 4.69) is 17.9 Å². The van der Waals surface area contributed by atoms with Crippen molar-refractivity contribution in [3.8, 4) is 0 Å². The number of anilines is 1. The Hall–Kier alpha value is -1.47. The second kappa shape index (κ2) is 5.26. The molecule has 1 amide bonds. The topological polar surface area (TPSA) is 29.1 Å². The molecule has 0 aliphatic heterocycles. The Morgan fingerprint density at radius 3 is 2.53 bits per heavy atom. The molecule has 0 atom stereocenters. The third-order valence-electron chi connectivity index (χ3n) is 2.29. The van der Waals surface area contributed by atoms with Gasteiger partial charge in [-0.05, 0) is 18.2 Å². The minimum Gasteiger partial charge on any atom is -0.321 e. The number of hydrogen-bond acceptors (Lipinski definition) is 3. The summed E-state index contributed by atoms with van der Waals surface area (Å²) in [6, 6.07) is 6.35. The van der Waals surface area contributed by atoms with Crippen molar-refractivity contribution in [2.75, 3.05) is 5.32 Å². The van der Waals surface area contributed by atoms with E-state index in [1.165, 1.54) is 24.3 Å². The fourth-order valence-corrected chi connectivity index (χ4v) is 2.51. The quantitative estimate of drug-likeness (QED) is 0.795. The average Bonchev–Trinajstić information content (AvgIpc) is 2.75. The lowest BCUT2D eigenvalue weighted by atomic mass is 10.1. The van der Waals surface area contributed by atoms with Crippen LogP contribution in [0.4, 0.5) is 18.9 Å². The van der Waals surface area contributed by atoms with E-state index < -0.39 is 17.6 Å². The first-order valence-electron chi connectivity index (χ1n) is 5.13. The molecule has 0 saturated heterocycles. The Balaban J connectivity index is 2.27. The number of hydrogen-bond donors (Lipinski definition) is 2. The van der Waals surface area contributed by atoms with Gasteiger partial charge < -0.3 is 5.32 Å². The van der Waals surface area contributed by atoms with Crippen LogP contribution in [0, 0.1) is 0 Å². The lowest BCUT2D eigenvalue weighted by Crippen LogP contribution is -2.15. The molecule has 0 bridgehead atoms. The number of rotatable bonds is 2. The van der Waals surface area contributed by atoms with Crippen LogP contribution in [0.1, 0.15) is 15.2 Å². The van der Waals surface area contributed by atoms with E-state index in [4.69, 9.17) is 0 Å². The summed E-state index contributed by atoms with van der Waals surface area (Å²) < 4.78 is 38.2. The van der Waals surface area contributed by atoms with Crippen LogP contribution in [0.25, 0.3) is 0 Å². The Labute approximate surface area is 116 Å². The maximum absolute atomic E-state index is 12.7. The summed E-state index contributed by atoms with van der Waals surface area (Å²) in [5, 5.41) is 3.90. The van der Waals surface area contributed by atoms with Gasteiger partial charge in [-0.3, -0.25) is 4.79 Å². The van der Waals surface area contributed by atoms with Crippen LogP contribution in [0.5, 0.6) is 0 Å². The number of thiophene rings is 1. The van der Waals surface area contributed by atoms with Crippen LogP contribution in [0.2, 0.25) is 0 Å². The highest BCUT2D eigenvalue weighted by atomic mass is 32.1. The van der Waals surface area contributed by atoms with Crippen molar-refractivity contribution in [2.45, 2.75) is 11.1 Å². The van der Waals surface area contributed by atoms with Crippen molar-refractivity contribution < 1.29 is 18.0 Å². The number of halogens is 3. The van der Waals surface area contributed by atoms with Crippen molar-refractivity contribution in [2.24, 2.45) is 0 Å². The van der Waals surface area contributed by atoms with Crippen molar-refractivity contribution >= 4 is 35.6 Å². The maximum atomic E-state index is 12.7. The van der Waals surface area contributed by atoms with Gasteiger partial charge >= 0.3 is 6.18 Å². The largest absolute Gasteiger partial charge is 0.418 e. The van der Waals surface area contributed by atoms with Crippen molar-refractivity contribution in [1.29, 1.82) is 0 Å². The lowest BCUT2D eigenvalue weighted by Gasteiger charge is -2.12. The fourth-order valence-electron chi connectivity index (χ4n) is 1.47. The van der Waals surface area contributed by atoms with Crippen LogP contribution in [0.3, 0.4) is 0 Å². The van der Waals surface area contributed by atoms with Crippen LogP contribution in [-0.4, -0.2) is 5.91 Å². The first-order chi connectivity index (χ1) is 8.88. The molecule has 1 heterocycles. The molecule has 0 aliphatic rings. The molecule has 2 nitrogen and oxygen atoms in total. The summed E-state index contributed by atoms with van der Waals surface area (Å²) in [5.41, 5.74) is -1.12. The van der Waals surface area contributed by atoms with E-state index in [0.717, 1.165) is 17.4 Å². The molecular weight excluding hydrogens is 295 g/mol. The van der Waals surface area contributed by atoms with Crippen LogP contribution in [-0.2, 0) is 6.18 Å². The zero-order valence-electron chi connectivity index (χ0n) is 9.36. The molecule has 0 saturated carbocycles. The van der Waals surface area contributed by atoms with Crippen LogP contribution >= 0.6 is 24.0 Å². The van der Waals surface area contributed by atoms with Crippen molar-refractivity contribution in [3.05, 3.63) is 46.2 Å². The Morgan fingerprint density at radius 2 is 1.95 bits per heavy atom. The third-order valence-corrected chi connectivity index (χ3v) is 3.65. The summed E-state index contributed by atoms with van der Waals surface area (Å²) in [6.45, 7) is 0. The highest BCUT2D eigenvalue weighted by Crippen LogP contribution is 2.34. The van der Waals surface area contributed by atoms with E-state index in [-0.39, 0.29) is 5.69 Å². The van der Waals surface area contributed by atoms with Gasteiger partial charge in [0.15, 0.2) is 0 Å². The van der Waals surface area contributed by atoms with Gasteiger partial charge in [-0.1, -0.05) is 12.1 Å². The predicted molar refractivity (Wildman–Crippen MR) is 71.0 cm³/mol. The van der Waals surface area contributed by atoms with Crippen molar-refractivity contribution in [3.63, 3.8) is 0 Å². The number of para-hydroxylation sites is 1. The Kier molecular flexibility index (Phi) is 3.86. The summed E-state index contributed by atoms with van der Waals surface area (Å²) in [6.07, 6.45) is -4.51. The molecule has 0 fully saturated rings. The van der Waals surface area contributed by atoms with Gasteiger partial charge in [-0.2, -0.15) is 13.2 Å². The Morgan fingerprint density at radius 1 is 1.26 bits per heavy atom. The molecule has 1 aromatic carbocycles. The average molecular weight is 303 g/mol. The molecule has 1 aromatic heterocycles. The van der Waals surface area contributed by atoms with Gasteiger partial charge in [-0.15, -0.1) is 24.0 Å². The summed E-state index contributed by atoms with van der Waals surface area (Å²) >= 11 is 5.16. The highest BCUT2D eigenvalue weighted by Gasteiger charge is 2.33. The first kappa shape index (κ1) is 14.0. The number of alkyl halides is 3. The number of carbonyl (C=O) groups is 1. The molecule has 2 aromatic rings. The van der Waals surface area contributed by atoms with E-state index in [1.54, 1.807) is 5.38 Å². The van der Waals surface area contributed by atoms with E-state index >= 15 is 0 Å². The first-order valence-corrected chi connectivity index (χ1v) is 6.45. The van der Waals surface area contributed by atoms with Gasteiger partial charge in [0.2, 0.25) is 0 Å². The van der Waals surface area contributed by atoms with Gasteiger partial charge in [0.05, 0.1) is 16.1 Å². The molecule has 1 N–H and O–H groups in total. The van der Waals surface area contributed by atoms with Crippen LogP contribution in [0.15, 0.2) is 40.6 Å².